The van der Waals surface area contributed by atoms with Gasteiger partial charge in [-0.1, -0.05) is 0 Å². The van der Waals surface area contributed by atoms with Crippen molar-refractivity contribution in [1.82, 2.24) is 9.78 Å². The van der Waals surface area contributed by atoms with Crippen LogP contribution in [-0.2, 0) is 5.54 Å². The van der Waals surface area contributed by atoms with Crippen LogP contribution in [0.2, 0.25) is 0 Å². The zero-order chi connectivity index (χ0) is 14.4. The van der Waals surface area contributed by atoms with Crippen LogP contribution in [0.1, 0.15) is 26.5 Å². The third-order valence-electron chi connectivity index (χ3n) is 2.91. The van der Waals surface area contributed by atoms with E-state index < -0.39 is 11.6 Å². The molecule has 0 bridgehead atoms. The second-order valence-electron chi connectivity index (χ2n) is 5.49. The average Bonchev–Trinajstić information content (AvgIpc) is 2.56. The molecule has 0 amide bonds. The Bertz CT molecular complexity index is 627. The highest BCUT2D eigenvalue weighted by Crippen LogP contribution is 2.35. The van der Waals surface area contributed by atoms with E-state index in [0.29, 0.717) is 5.69 Å². The van der Waals surface area contributed by atoms with Gasteiger partial charge in [0.25, 0.3) is 0 Å². The summed E-state index contributed by atoms with van der Waals surface area (Å²) < 4.78 is 28.3. The van der Waals surface area contributed by atoms with E-state index in [4.69, 9.17) is 0 Å². The molecule has 1 heterocycles. The largest absolute Gasteiger partial charge is 0.504 e. The molecule has 0 aliphatic rings. The highest BCUT2D eigenvalue weighted by molar-refractivity contribution is 5.67. The topological polar surface area (TPSA) is 38.1 Å². The van der Waals surface area contributed by atoms with Gasteiger partial charge in [0.05, 0.1) is 11.2 Å². The molecule has 2 rings (SSSR count). The maximum absolute atomic E-state index is 13.8. The molecule has 0 aliphatic heterocycles. The lowest BCUT2D eigenvalue weighted by Crippen LogP contribution is -2.24. The molecule has 102 valence electrons. The summed E-state index contributed by atoms with van der Waals surface area (Å²) in [6, 6.07) is 3.20. The van der Waals surface area contributed by atoms with Crippen LogP contribution in [0.15, 0.2) is 18.2 Å². The van der Waals surface area contributed by atoms with Crippen LogP contribution in [0.3, 0.4) is 0 Å². The molecule has 0 saturated heterocycles. The van der Waals surface area contributed by atoms with Gasteiger partial charge in [-0.2, -0.15) is 5.10 Å². The van der Waals surface area contributed by atoms with Crippen molar-refractivity contribution in [3.05, 3.63) is 35.5 Å². The first-order valence-corrected chi connectivity index (χ1v) is 5.96. The third kappa shape index (κ3) is 2.32. The molecule has 0 fully saturated rings. The number of aromatic nitrogens is 2. The normalized spacial score (nSPS) is 11.9. The van der Waals surface area contributed by atoms with Crippen LogP contribution in [0.4, 0.5) is 8.78 Å². The van der Waals surface area contributed by atoms with Gasteiger partial charge >= 0.3 is 0 Å². The zero-order valence-corrected chi connectivity index (χ0v) is 11.3. The van der Waals surface area contributed by atoms with Gasteiger partial charge in [-0.05, 0) is 39.8 Å². The van der Waals surface area contributed by atoms with Crippen molar-refractivity contribution in [2.45, 2.75) is 33.2 Å². The molecule has 0 unspecified atom stereocenters. The van der Waals surface area contributed by atoms with Crippen LogP contribution in [0.25, 0.3) is 11.3 Å². The minimum Gasteiger partial charge on any atom is -0.504 e. The van der Waals surface area contributed by atoms with Crippen molar-refractivity contribution in [2.24, 2.45) is 0 Å². The number of rotatable bonds is 1. The Labute approximate surface area is 110 Å². The second kappa shape index (κ2) is 4.33. The monoisotopic (exact) mass is 266 g/mol. The zero-order valence-electron chi connectivity index (χ0n) is 11.3. The predicted octanol–water partition coefficient (Wildman–Crippen LogP) is 3.60. The summed E-state index contributed by atoms with van der Waals surface area (Å²) in [7, 11) is 0. The van der Waals surface area contributed by atoms with Crippen molar-refractivity contribution in [3.63, 3.8) is 0 Å². The fraction of sp³-hybridized carbons (Fsp3) is 0.357. The Balaban J connectivity index is 2.64. The van der Waals surface area contributed by atoms with Gasteiger partial charge in [0, 0.05) is 11.6 Å². The molecule has 3 nitrogen and oxygen atoms in total. The van der Waals surface area contributed by atoms with Crippen LogP contribution in [0, 0.1) is 18.6 Å². The van der Waals surface area contributed by atoms with E-state index in [2.05, 4.69) is 5.10 Å². The van der Waals surface area contributed by atoms with Gasteiger partial charge in [-0.15, -0.1) is 0 Å². The van der Waals surface area contributed by atoms with Gasteiger partial charge in [-0.25, -0.2) is 8.78 Å². The van der Waals surface area contributed by atoms with Crippen LogP contribution in [0.5, 0.6) is 5.75 Å². The Kier molecular flexibility index (Phi) is 3.08. The van der Waals surface area contributed by atoms with E-state index >= 15 is 0 Å². The molecule has 0 atom stereocenters. The molecule has 0 saturated carbocycles. The van der Waals surface area contributed by atoms with Crippen molar-refractivity contribution >= 4 is 0 Å². The summed E-state index contributed by atoms with van der Waals surface area (Å²) in [5.74, 6) is -1.48. The van der Waals surface area contributed by atoms with E-state index in [1.807, 2.05) is 20.8 Å². The summed E-state index contributed by atoms with van der Waals surface area (Å²) in [5.41, 5.74) is 0.428. The van der Waals surface area contributed by atoms with E-state index in [-0.39, 0.29) is 22.5 Å². The lowest BCUT2D eigenvalue weighted by molar-refractivity contribution is 0.345. The molecule has 2 aromatic rings. The summed E-state index contributed by atoms with van der Waals surface area (Å²) in [4.78, 5) is 0. The van der Waals surface area contributed by atoms with Crippen molar-refractivity contribution < 1.29 is 13.9 Å². The predicted molar refractivity (Wildman–Crippen MR) is 69.0 cm³/mol. The highest BCUT2D eigenvalue weighted by atomic mass is 19.1. The molecule has 0 radical (unpaired) electrons. The van der Waals surface area contributed by atoms with Crippen LogP contribution < -0.4 is 0 Å². The fourth-order valence-corrected chi connectivity index (χ4v) is 2.01. The first kappa shape index (κ1) is 13.5. The molecule has 0 aliphatic carbocycles. The second-order valence-corrected chi connectivity index (χ2v) is 5.49. The highest BCUT2D eigenvalue weighted by Gasteiger charge is 2.24. The Morgan fingerprint density at radius 3 is 2.32 bits per heavy atom. The van der Waals surface area contributed by atoms with Crippen LogP contribution >= 0.6 is 0 Å². The van der Waals surface area contributed by atoms with Gasteiger partial charge < -0.3 is 5.11 Å². The van der Waals surface area contributed by atoms with E-state index in [1.54, 1.807) is 11.6 Å². The number of aromatic hydroxyl groups is 1. The van der Waals surface area contributed by atoms with Crippen LogP contribution in [-0.4, -0.2) is 14.9 Å². The summed E-state index contributed by atoms with van der Waals surface area (Å²) in [6.45, 7) is 7.49. The minimum atomic E-state index is -0.742. The first-order chi connectivity index (χ1) is 8.71. The lowest BCUT2D eigenvalue weighted by Gasteiger charge is -2.20. The number of hydrogen-bond acceptors (Lipinski definition) is 2. The number of nitrogens with zero attached hydrogens (tertiary/aromatic N) is 2. The summed E-state index contributed by atoms with van der Waals surface area (Å²) in [6.07, 6.45) is 0. The number of hydrogen-bond donors (Lipinski definition) is 1. The molecular weight excluding hydrogens is 250 g/mol. The van der Waals surface area contributed by atoms with Gasteiger partial charge in [0.1, 0.15) is 17.3 Å². The van der Waals surface area contributed by atoms with Crippen molar-refractivity contribution in [3.8, 4) is 17.0 Å². The van der Waals surface area contributed by atoms with E-state index in [9.17, 15) is 13.9 Å². The maximum Gasteiger partial charge on any atom is 0.164 e. The number of halogens is 2. The Morgan fingerprint density at radius 2 is 1.84 bits per heavy atom. The summed E-state index contributed by atoms with van der Waals surface area (Å²) in [5, 5.41) is 14.3. The smallest absolute Gasteiger partial charge is 0.164 e. The van der Waals surface area contributed by atoms with Crippen molar-refractivity contribution in [1.29, 1.82) is 0 Å². The van der Waals surface area contributed by atoms with Gasteiger partial charge in [0.2, 0.25) is 0 Å². The molecule has 19 heavy (non-hydrogen) atoms. The molecule has 0 spiro atoms. The molecule has 1 N–H and O–H groups in total. The standard InChI is InChI=1S/C14H16F2N2O/c1-8-13(19)12(17-18(8)14(2,3)4)10-6-5-9(15)7-11(10)16/h5-7,19H,1-4H3. The molecule has 1 aromatic carbocycles. The van der Waals surface area contributed by atoms with E-state index in [0.717, 1.165) is 12.1 Å². The third-order valence-corrected chi connectivity index (χ3v) is 2.91. The first-order valence-electron chi connectivity index (χ1n) is 5.96. The summed E-state index contributed by atoms with van der Waals surface area (Å²) >= 11 is 0. The molecule has 1 aromatic heterocycles. The maximum atomic E-state index is 13.8. The molecule has 5 heteroatoms. The fourth-order valence-electron chi connectivity index (χ4n) is 2.01. The van der Waals surface area contributed by atoms with Gasteiger partial charge in [0.15, 0.2) is 5.75 Å². The lowest BCUT2D eigenvalue weighted by atomic mass is 10.1. The average molecular weight is 266 g/mol. The Morgan fingerprint density at radius 1 is 1.21 bits per heavy atom. The SMILES string of the molecule is Cc1c(O)c(-c2ccc(F)cc2F)nn1C(C)(C)C. The number of benzene rings is 1. The Hall–Kier alpha value is -1.91. The van der Waals surface area contributed by atoms with Gasteiger partial charge in [-0.3, -0.25) is 4.68 Å². The quantitative estimate of drug-likeness (QED) is 0.856. The minimum absolute atomic E-state index is 0.0829. The van der Waals surface area contributed by atoms with Crippen molar-refractivity contribution in [2.75, 3.05) is 0 Å². The molecular formula is C14H16F2N2O. The van der Waals surface area contributed by atoms with E-state index in [1.165, 1.54) is 6.07 Å².